The van der Waals surface area contributed by atoms with E-state index in [4.69, 9.17) is 16.1 Å². The molecule has 0 bridgehead atoms. The molecule has 1 heterocycles. The standard InChI is InChI=1S/C17H19ClFN3O3/c1-9(2)21-13(23)7-8-20-17(24)14-10(3)25-22-16(14)15-11(18)5-4-6-12(15)19/h4-6,9H,7-8H2,1-3H3,(H,20,24)(H,21,23). The fourth-order valence-corrected chi connectivity index (χ4v) is 2.56. The van der Waals surface area contributed by atoms with Crippen molar-refractivity contribution in [3.05, 3.63) is 40.4 Å². The third-order valence-electron chi connectivity index (χ3n) is 3.38. The molecule has 0 aliphatic heterocycles. The van der Waals surface area contributed by atoms with Crippen LogP contribution >= 0.6 is 11.6 Å². The molecule has 1 aromatic heterocycles. The van der Waals surface area contributed by atoms with Crippen molar-refractivity contribution in [2.45, 2.75) is 33.2 Å². The summed E-state index contributed by atoms with van der Waals surface area (Å²) in [4.78, 5) is 24.0. The van der Waals surface area contributed by atoms with Gasteiger partial charge in [-0.15, -0.1) is 0 Å². The molecule has 0 saturated heterocycles. The normalized spacial score (nSPS) is 10.8. The lowest BCUT2D eigenvalue weighted by molar-refractivity contribution is -0.121. The fourth-order valence-electron chi connectivity index (χ4n) is 2.31. The molecule has 0 atom stereocenters. The third kappa shape index (κ3) is 4.57. The molecule has 0 unspecified atom stereocenters. The molecule has 8 heteroatoms. The van der Waals surface area contributed by atoms with E-state index in [-0.39, 0.29) is 52.5 Å². The summed E-state index contributed by atoms with van der Waals surface area (Å²) < 4.78 is 19.2. The molecule has 2 N–H and O–H groups in total. The molecular weight excluding hydrogens is 349 g/mol. The monoisotopic (exact) mass is 367 g/mol. The van der Waals surface area contributed by atoms with E-state index in [2.05, 4.69) is 15.8 Å². The van der Waals surface area contributed by atoms with Crippen LogP contribution in [0.5, 0.6) is 0 Å². The highest BCUT2D eigenvalue weighted by Gasteiger charge is 2.25. The van der Waals surface area contributed by atoms with Gasteiger partial charge in [-0.1, -0.05) is 22.8 Å². The first-order valence-corrected chi connectivity index (χ1v) is 8.17. The minimum atomic E-state index is -0.605. The minimum absolute atomic E-state index is 0.00344. The van der Waals surface area contributed by atoms with Gasteiger partial charge in [-0.2, -0.15) is 0 Å². The predicted octanol–water partition coefficient (Wildman–Crippen LogP) is 3.09. The molecule has 2 aromatic rings. The van der Waals surface area contributed by atoms with Crippen molar-refractivity contribution in [3.63, 3.8) is 0 Å². The van der Waals surface area contributed by atoms with E-state index in [1.54, 1.807) is 6.92 Å². The van der Waals surface area contributed by atoms with Crippen molar-refractivity contribution in [1.82, 2.24) is 15.8 Å². The largest absolute Gasteiger partial charge is 0.360 e. The second-order valence-corrected chi connectivity index (χ2v) is 6.19. The van der Waals surface area contributed by atoms with E-state index in [0.29, 0.717) is 0 Å². The van der Waals surface area contributed by atoms with Gasteiger partial charge in [-0.3, -0.25) is 9.59 Å². The summed E-state index contributed by atoms with van der Waals surface area (Å²) in [6.45, 7) is 5.38. The summed E-state index contributed by atoms with van der Waals surface area (Å²) in [6, 6.07) is 4.21. The predicted molar refractivity (Wildman–Crippen MR) is 91.9 cm³/mol. The molecule has 6 nitrogen and oxygen atoms in total. The van der Waals surface area contributed by atoms with Gasteiger partial charge >= 0.3 is 0 Å². The van der Waals surface area contributed by atoms with Gasteiger partial charge in [0.2, 0.25) is 5.91 Å². The Kier molecular flexibility index (Phi) is 6.14. The van der Waals surface area contributed by atoms with Crippen LogP contribution in [0.2, 0.25) is 5.02 Å². The quantitative estimate of drug-likeness (QED) is 0.821. The molecular formula is C17H19ClFN3O3. The SMILES string of the molecule is Cc1onc(-c2c(F)cccc2Cl)c1C(=O)NCCC(=O)NC(C)C. The number of rotatable bonds is 6. The number of hydrogen-bond donors (Lipinski definition) is 2. The van der Waals surface area contributed by atoms with Crippen LogP contribution in [0, 0.1) is 12.7 Å². The van der Waals surface area contributed by atoms with Gasteiger partial charge in [0.1, 0.15) is 22.8 Å². The molecule has 25 heavy (non-hydrogen) atoms. The number of aryl methyl sites for hydroxylation is 1. The molecule has 0 aliphatic rings. The zero-order valence-corrected chi connectivity index (χ0v) is 14.9. The van der Waals surface area contributed by atoms with Crippen molar-refractivity contribution in [1.29, 1.82) is 0 Å². The first-order chi connectivity index (χ1) is 11.8. The van der Waals surface area contributed by atoms with E-state index in [1.807, 2.05) is 13.8 Å². The molecule has 0 aliphatic carbocycles. The van der Waals surface area contributed by atoms with Gasteiger partial charge in [-0.05, 0) is 32.9 Å². The van der Waals surface area contributed by atoms with Crippen LogP contribution in [-0.2, 0) is 4.79 Å². The summed E-state index contributed by atoms with van der Waals surface area (Å²) in [5, 5.41) is 9.24. The Balaban J connectivity index is 2.16. The highest BCUT2D eigenvalue weighted by atomic mass is 35.5. The number of benzene rings is 1. The zero-order valence-electron chi connectivity index (χ0n) is 14.2. The Morgan fingerprint density at radius 3 is 2.72 bits per heavy atom. The Morgan fingerprint density at radius 1 is 1.36 bits per heavy atom. The highest BCUT2D eigenvalue weighted by Crippen LogP contribution is 2.33. The molecule has 1 aromatic carbocycles. The summed E-state index contributed by atoms with van der Waals surface area (Å²) in [7, 11) is 0. The lowest BCUT2D eigenvalue weighted by atomic mass is 10.0. The maximum atomic E-state index is 14.1. The Labute approximate surface area is 149 Å². The molecule has 0 fully saturated rings. The lowest BCUT2D eigenvalue weighted by Gasteiger charge is -2.09. The summed E-state index contributed by atoms with van der Waals surface area (Å²) in [5.74, 6) is -1.05. The van der Waals surface area contributed by atoms with Gasteiger partial charge in [-0.25, -0.2) is 4.39 Å². The van der Waals surface area contributed by atoms with Crippen molar-refractivity contribution in [2.75, 3.05) is 6.54 Å². The number of hydrogen-bond acceptors (Lipinski definition) is 4. The van der Waals surface area contributed by atoms with E-state index in [1.165, 1.54) is 18.2 Å². The highest BCUT2D eigenvalue weighted by molar-refractivity contribution is 6.33. The van der Waals surface area contributed by atoms with Crippen LogP contribution in [0.1, 0.15) is 36.4 Å². The Bertz CT molecular complexity index is 769. The van der Waals surface area contributed by atoms with Crippen LogP contribution in [-0.4, -0.2) is 29.6 Å². The van der Waals surface area contributed by atoms with Crippen LogP contribution in [0.25, 0.3) is 11.3 Å². The smallest absolute Gasteiger partial charge is 0.257 e. The molecule has 134 valence electrons. The third-order valence-corrected chi connectivity index (χ3v) is 3.69. The maximum Gasteiger partial charge on any atom is 0.257 e. The van der Waals surface area contributed by atoms with Crippen LogP contribution in [0.15, 0.2) is 22.7 Å². The number of amides is 2. The fraction of sp³-hybridized carbons (Fsp3) is 0.353. The average Bonchev–Trinajstić information content (AvgIpc) is 2.88. The van der Waals surface area contributed by atoms with Crippen molar-refractivity contribution < 1.29 is 18.5 Å². The van der Waals surface area contributed by atoms with Crippen LogP contribution in [0.4, 0.5) is 4.39 Å². The first-order valence-electron chi connectivity index (χ1n) is 7.79. The van der Waals surface area contributed by atoms with E-state index in [9.17, 15) is 14.0 Å². The maximum absolute atomic E-state index is 14.1. The lowest BCUT2D eigenvalue weighted by Crippen LogP contribution is -2.34. The number of aromatic nitrogens is 1. The second kappa shape index (κ2) is 8.11. The minimum Gasteiger partial charge on any atom is -0.360 e. The van der Waals surface area contributed by atoms with Crippen molar-refractivity contribution in [3.8, 4) is 11.3 Å². The number of nitrogens with zero attached hydrogens (tertiary/aromatic N) is 1. The molecule has 0 radical (unpaired) electrons. The van der Waals surface area contributed by atoms with Crippen LogP contribution in [0.3, 0.4) is 0 Å². The van der Waals surface area contributed by atoms with Gasteiger partial charge in [0, 0.05) is 19.0 Å². The van der Waals surface area contributed by atoms with E-state index < -0.39 is 11.7 Å². The topological polar surface area (TPSA) is 84.2 Å². The average molecular weight is 368 g/mol. The number of nitrogens with one attached hydrogen (secondary N) is 2. The van der Waals surface area contributed by atoms with E-state index in [0.717, 1.165) is 0 Å². The molecule has 0 saturated carbocycles. The second-order valence-electron chi connectivity index (χ2n) is 5.79. The molecule has 0 spiro atoms. The number of halogens is 2. The first kappa shape index (κ1) is 18.9. The van der Waals surface area contributed by atoms with Crippen LogP contribution < -0.4 is 10.6 Å². The van der Waals surface area contributed by atoms with E-state index >= 15 is 0 Å². The number of carbonyl (C=O) groups is 2. The van der Waals surface area contributed by atoms with Gasteiger partial charge in [0.25, 0.3) is 5.91 Å². The Morgan fingerprint density at radius 2 is 2.08 bits per heavy atom. The zero-order chi connectivity index (χ0) is 18.6. The number of carbonyl (C=O) groups excluding carboxylic acids is 2. The summed E-state index contributed by atoms with van der Waals surface area (Å²) in [5.41, 5.74) is 0.129. The molecule has 2 rings (SSSR count). The van der Waals surface area contributed by atoms with Crippen molar-refractivity contribution in [2.24, 2.45) is 0 Å². The summed E-state index contributed by atoms with van der Waals surface area (Å²) >= 11 is 6.04. The van der Waals surface area contributed by atoms with Gasteiger partial charge in [0.05, 0.1) is 10.6 Å². The molecule has 2 amide bonds. The van der Waals surface area contributed by atoms with Gasteiger partial charge in [0.15, 0.2) is 0 Å². The van der Waals surface area contributed by atoms with Crippen molar-refractivity contribution >= 4 is 23.4 Å². The van der Waals surface area contributed by atoms with Gasteiger partial charge < -0.3 is 15.2 Å². The Hall–Kier alpha value is -2.41. The summed E-state index contributed by atoms with van der Waals surface area (Å²) in [6.07, 6.45) is 0.129.